The fraction of sp³-hybridized carbons (Fsp3) is 0.444. The van der Waals surface area contributed by atoms with Crippen molar-refractivity contribution in [3.05, 3.63) is 29.5 Å². The van der Waals surface area contributed by atoms with Crippen molar-refractivity contribution in [2.75, 3.05) is 27.8 Å². The van der Waals surface area contributed by atoms with Gasteiger partial charge in [0.05, 0.1) is 12.7 Å². The van der Waals surface area contributed by atoms with Crippen LogP contribution in [0.3, 0.4) is 0 Å². The van der Waals surface area contributed by atoms with E-state index >= 15 is 0 Å². The van der Waals surface area contributed by atoms with Gasteiger partial charge in [-0.3, -0.25) is 4.79 Å². The van der Waals surface area contributed by atoms with Gasteiger partial charge in [-0.1, -0.05) is 0 Å². The number of likely N-dealkylation sites (N-methyl/N-ethyl adjacent to an activating group) is 1. The van der Waals surface area contributed by atoms with Crippen molar-refractivity contribution in [1.82, 2.24) is 9.47 Å². The van der Waals surface area contributed by atoms with Crippen LogP contribution < -0.4 is 4.74 Å². The van der Waals surface area contributed by atoms with Crippen LogP contribution in [-0.4, -0.2) is 49.2 Å². The monoisotopic (exact) mass is 330 g/mol. The minimum atomic E-state index is -0.472. The first-order chi connectivity index (χ1) is 11.4. The van der Waals surface area contributed by atoms with Gasteiger partial charge >= 0.3 is 5.97 Å². The molecule has 0 spiro atoms. The summed E-state index contributed by atoms with van der Waals surface area (Å²) in [6, 6.07) is 6.16. The maximum atomic E-state index is 12.6. The van der Waals surface area contributed by atoms with Crippen LogP contribution in [0.15, 0.2) is 18.2 Å². The van der Waals surface area contributed by atoms with E-state index in [2.05, 4.69) is 4.57 Å². The maximum Gasteiger partial charge on any atom is 0.341 e. The van der Waals surface area contributed by atoms with Crippen molar-refractivity contribution in [1.29, 1.82) is 0 Å². The lowest BCUT2D eigenvalue weighted by atomic mass is 10.1. The summed E-state index contributed by atoms with van der Waals surface area (Å²) in [5, 5.41) is 0.807. The Balaban J connectivity index is 2.00. The van der Waals surface area contributed by atoms with E-state index in [9.17, 15) is 9.59 Å². The first kappa shape index (κ1) is 16.4. The third-order valence-electron chi connectivity index (χ3n) is 4.40. The lowest BCUT2D eigenvalue weighted by molar-refractivity contribution is -0.131. The number of nitrogens with zero attached hydrogens (tertiary/aromatic N) is 2. The van der Waals surface area contributed by atoms with Crippen LogP contribution >= 0.6 is 0 Å². The fourth-order valence-electron chi connectivity index (χ4n) is 2.94. The lowest BCUT2D eigenvalue weighted by Gasteiger charge is -2.11. The lowest BCUT2D eigenvalue weighted by Crippen LogP contribution is -2.27. The van der Waals surface area contributed by atoms with Gasteiger partial charge in [-0.05, 0) is 38.0 Å². The molecule has 1 fully saturated rings. The number of amides is 1. The van der Waals surface area contributed by atoms with E-state index in [1.54, 1.807) is 21.2 Å². The van der Waals surface area contributed by atoms with E-state index in [1.165, 1.54) is 4.90 Å². The summed E-state index contributed by atoms with van der Waals surface area (Å²) in [6.45, 7) is 1.67. The van der Waals surface area contributed by atoms with Crippen LogP contribution in [0.4, 0.5) is 0 Å². The zero-order valence-electron chi connectivity index (χ0n) is 14.5. The molecule has 0 unspecified atom stereocenters. The second-order valence-corrected chi connectivity index (χ2v) is 6.31. The molecular formula is C18H22N2O4. The molecule has 0 radical (unpaired) electrons. The van der Waals surface area contributed by atoms with Crippen molar-refractivity contribution < 1.29 is 19.1 Å². The predicted octanol–water partition coefficient (Wildman–Crippen LogP) is 2.54. The van der Waals surface area contributed by atoms with Crippen molar-refractivity contribution in [2.45, 2.75) is 25.8 Å². The van der Waals surface area contributed by atoms with E-state index in [4.69, 9.17) is 9.47 Å². The fourth-order valence-corrected chi connectivity index (χ4v) is 2.94. The molecule has 6 heteroatoms. The number of hydrogen-bond acceptors (Lipinski definition) is 4. The van der Waals surface area contributed by atoms with E-state index in [0.717, 1.165) is 29.4 Å². The minimum Gasteiger partial charge on any atom is -0.497 e. The molecule has 1 heterocycles. The van der Waals surface area contributed by atoms with E-state index in [-0.39, 0.29) is 12.5 Å². The third kappa shape index (κ3) is 2.84. The first-order valence-corrected chi connectivity index (χ1v) is 7.99. The molecule has 1 aromatic heterocycles. The number of hydrogen-bond donors (Lipinski definition) is 0. The molecule has 1 aliphatic carbocycles. The number of benzene rings is 1. The predicted molar refractivity (Wildman–Crippen MR) is 90.5 cm³/mol. The summed E-state index contributed by atoms with van der Waals surface area (Å²) in [5.41, 5.74) is 2.40. The Bertz CT molecular complexity index is 803. The number of esters is 1. The highest BCUT2D eigenvalue weighted by atomic mass is 16.5. The average molecular weight is 330 g/mol. The van der Waals surface area contributed by atoms with Gasteiger partial charge in [0.1, 0.15) is 5.75 Å². The molecule has 1 saturated carbocycles. The van der Waals surface area contributed by atoms with Crippen LogP contribution in [0, 0.1) is 6.92 Å². The molecule has 6 nitrogen and oxygen atoms in total. The molecule has 0 saturated heterocycles. The summed E-state index contributed by atoms with van der Waals surface area (Å²) < 4.78 is 12.7. The van der Waals surface area contributed by atoms with Crippen molar-refractivity contribution >= 4 is 22.8 Å². The maximum absolute atomic E-state index is 12.6. The van der Waals surface area contributed by atoms with Crippen molar-refractivity contribution in [3.8, 4) is 5.75 Å². The molecule has 0 bridgehead atoms. The molecule has 0 N–H and O–H groups in total. The summed E-state index contributed by atoms with van der Waals surface area (Å²) in [6.07, 6.45) is 2.23. The SMILES string of the molecule is COc1ccc2c(c1)c(C(=O)OCC(=O)N(C)C)c(C)n2C1CC1. The van der Waals surface area contributed by atoms with Gasteiger partial charge in [-0.25, -0.2) is 4.79 Å². The molecule has 3 rings (SSSR count). The highest BCUT2D eigenvalue weighted by molar-refractivity contribution is 6.06. The van der Waals surface area contributed by atoms with Gasteiger partial charge in [0.15, 0.2) is 6.61 Å². The van der Waals surface area contributed by atoms with E-state index in [1.807, 2.05) is 25.1 Å². The first-order valence-electron chi connectivity index (χ1n) is 7.99. The normalized spacial score (nSPS) is 13.8. The molecule has 2 aromatic rings. The van der Waals surface area contributed by atoms with E-state index < -0.39 is 5.97 Å². The zero-order chi connectivity index (χ0) is 17.4. The summed E-state index contributed by atoms with van der Waals surface area (Å²) in [4.78, 5) is 25.7. The average Bonchev–Trinajstić information content (AvgIpc) is 3.34. The molecule has 1 aromatic carbocycles. The second-order valence-electron chi connectivity index (χ2n) is 6.31. The quantitative estimate of drug-likeness (QED) is 0.791. The number of rotatable bonds is 5. The molecule has 1 aliphatic rings. The van der Waals surface area contributed by atoms with Gasteiger partial charge in [-0.2, -0.15) is 0 Å². The number of ether oxygens (including phenoxy) is 2. The summed E-state index contributed by atoms with van der Waals surface area (Å²) >= 11 is 0. The standard InChI is InChI=1S/C18H22N2O4/c1-11-17(18(22)24-10-16(21)19(2)3)14-9-13(23-4)7-8-15(14)20(11)12-5-6-12/h7-9,12H,5-6,10H2,1-4H3. The Kier molecular flexibility index (Phi) is 4.22. The van der Waals surface area contributed by atoms with Crippen LogP contribution in [-0.2, 0) is 9.53 Å². The Hall–Kier alpha value is -2.50. The number of fused-ring (bicyclic) bond motifs is 1. The minimum absolute atomic E-state index is 0.246. The van der Waals surface area contributed by atoms with Crippen LogP contribution in [0.25, 0.3) is 10.9 Å². The van der Waals surface area contributed by atoms with Gasteiger partial charge in [0.2, 0.25) is 0 Å². The van der Waals surface area contributed by atoms with Gasteiger partial charge in [0.25, 0.3) is 5.91 Å². The molecule has 1 amide bonds. The number of carbonyl (C=O) groups excluding carboxylic acids is 2. The summed E-state index contributed by atoms with van der Waals surface area (Å²) in [7, 11) is 4.86. The summed E-state index contributed by atoms with van der Waals surface area (Å²) in [5.74, 6) is -0.0290. The molecule has 0 aliphatic heterocycles. The Morgan fingerprint density at radius 2 is 2.00 bits per heavy atom. The van der Waals surface area contributed by atoms with Crippen molar-refractivity contribution in [3.63, 3.8) is 0 Å². The van der Waals surface area contributed by atoms with Crippen LogP contribution in [0.2, 0.25) is 0 Å². The molecular weight excluding hydrogens is 308 g/mol. The molecule has 24 heavy (non-hydrogen) atoms. The zero-order valence-corrected chi connectivity index (χ0v) is 14.5. The largest absolute Gasteiger partial charge is 0.497 e. The highest BCUT2D eigenvalue weighted by Crippen LogP contribution is 2.42. The third-order valence-corrected chi connectivity index (χ3v) is 4.40. The number of carbonyl (C=O) groups is 2. The Morgan fingerprint density at radius 3 is 2.58 bits per heavy atom. The Labute approximate surface area is 140 Å². The van der Waals surface area contributed by atoms with Crippen LogP contribution in [0.1, 0.15) is 34.9 Å². The van der Waals surface area contributed by atoms with Crippen LogP contribution in [0.5, 0.6) is 5.75 Å². The molecule has 0 atom stereocenters. The molecule has 128 valence electrons. The topological polar surface area (TPSA) is 60.8 Å². The second kappa shape index (κ2) is 6.19. The van der Waals surface area contributed by atoms with Gasteiger partial charge < -0.3 is 18.9 Å². The van der Waals surface area contributed by atoms with Gasteiger partial charge in [0, 0.05) is 36.7 Å². The smallest absolute Gasteiger partial charge is 0.341 e. The number of methoxy groups -OCH3 is 1. The van der Waals surface area contributed by atoms with Gasteiger partial charge in [-0.15, -0.1) is 0 Å². The van der Waals surface area contributed by atoms with Crippen molar-refractivity contribution in [2.24, 2.45) is 0 Å². The highest BCUT2D eigenvalue weighted by Gasteiger charge is 2.31. The Morgan fingerprint density at radius 1 is 1.29 bits per heavy atom. The van der Waals surface area contributed by atoms with E-state index in [0.29, 0.717) is 17.4 Å². The number of aromatic nitrogens is 1.